The van der Waals surface area contributed by atoms with Gasteiger partial charge in [0.15, 0.2) is 0 Å². The summed E-state index contributed by atoms with van der Waals surface area (Å²) >= 11 is 0. The quantitative estimate of drug-likeness (QED) is 0.835. The molecule has 0 saturated carbocycles. The van der Waals surface area contributed by atoms with Gasteiger partial charge in [0.25, 0.3) is 0 Å². The predicted molar refractivity (Wildman–Crippen MR) is 76.0 cm³/mol. The average molecular weight is 247 g/mol. The van der Waals surface area contributed by atoms with Gasteiger partial charge in [-0.3, -0.25) is 0 Å². The average Bonchev–Trinajstić information content (AvgIpc) is 2.55. The Morgan fingerprint density at radius 2 is 2.11 bits per heavy atom. The predicted octanol–water partition coefficient (Wildman–Crippen LogP) is 3.80. The Labute approximate surface area is 110 Å². The largest absolute Gasteiger partial charge is 0.507 e. The van der Waals surface area contributed by atoms with E-state index in [2.05, 4.69) is 40.7 Å². The number of benzene rings is 1. The van der Waals surface area contributed by atoms with E-state index >= 15 is 0 Å². The summed E-state index contributed by atoms with van der Waals surface area (Å²) in [6.45, 7) is 10.8. The lowest BCUT2D eigenvalue weighted by molar-refractivity contribution is 0.313. The summed E-state index contributed by atoms with van der Waals surface area (Å²) in [5, 5.41) is 10.6. The monoisotopic (exact) mass is 247 g/mol. The second-order valence-electron chi connectivity index (χ2n) is 6.48. The number of fused-ring (bicyclic) bond motifs is 1. The highest BCUT2D eigenvalue weighted by atomic mass is 16.3. The number of phenolic OH excluding ortho intramolecular Hbond substituents is 1. The van der Waals surface area contributed by atoms with Gasteiger partial charge >= 0.3 is 0 Å². The van der Waals surface area contributed by atoms with Gasteiger partial charge in [-0.1, -0.05) is 33.8 Å². The summed E-state index contributed by atoms with van der Waals surface area (Å²) in [7, 11) is 0. The molecule has 0 spiro atoms. The van der Waals surface area contributed by atoms with Crippen LogP contribution in [0.2, 0.25) is 0 Å². The first-order valence-corrected chi connectivity index (χ1v) is 6.90. The van der Waals surface area contributed by atoms with E-state index in [1.807, 2.05) is 0 Å². The smallest absolute Gasteiger partial charge is 0.124 e. The molecule has 1 aliphatic carbocycles. The number of aromatic hydroxyl groups is 1. The third-order valence-electron chi connectivity index (χ3n) is 4.63. The second kappa shape index (κ2) is 4.27. The number of rotatable bonds is 2. The van der Waals surface area contributed by atoms with Crippen LogP contribution in [0.25, 0.3) is 0 Å². The van der Waals surface area contributed by atoms with Crippen LogP contribution in [0, 0.1) is 12.3 Å². The number of hydrogen-bond acceptors (Lipinski definition) is 2. The first-order chi connectivity index (χ1) is 8.29. The molecule has 2 nitrogen and oxygen atoms in total. The Bertz CT molecular complexity index is 476. The molecule has 100 valence electrons. The summed E-state index contributed by atoms with van der Waals surface area (Å²) in [6.07, 6.45) is 1.99. The van der Waals surface area contributed by atoms with E-state index in [0.717, 1.165) is 24.0 Å². The molecule has 0 unspecified atom stereocenters. The fourth-order valence-corrected chi connectivity index (χ4v) is 3.02. The van der Waals surface area contributed by atoms with Crippen molar-refractivity contribution in [2.24, 2.45) is 11.1 Å². The maximum atomic E-state index is 10.6. The minimum atomic E-state index is -0.0600. The van der Waals surface area contributed by atoms with Gasteiger partial charge in [-0.05, 0) is 47.8 Å². The fourth-order valence-electron chi connectivity index (χ4n) is 3.02. The van der Waals surface area contributed by atoms with Gasteiger partial charge in [0, 0.05) is 11.6 Å². The van der Waals surface area contributed by atoms with E-state index in [1.165, 1.54) is 11.1 Å². The molecule has 0 saturated heterocycles. The third-order valence-corrected chi connectivity index (χ3v) is 4.63. The zero-order valence-electron chi connectivity index (χ0n) is 12.2. The Hall–Kier alpha value is -1.02. The molecule has 0 aromatic heterocycles. The van der Waals surface area contributed by atoms with Gasteiger partial charge in [-0.25, -0.2) is 0 Å². The van der Waals surface area contributed by atoms with Crippen LogP contribution in [0.15, 0.2) is 6.07 Å². The number of aryl methyl sites for hydroxylation is 1. The molecule has 18 heavy (non-hydrogen) atoms. The number of hydrogen-bond donors (Lipinski definition) is 2. The molecule has 3 N–H and O–H groups in total. The van der Waals surface area contributed by atoms with Crippen molar-refractivity contribution >= 4 is 0 Å². The van der Waals surface area contributed by atoms with Crippen molar-refractivity contribution in [1.82, 2.24) is 0 Å². The minimum Gasteiger partial charge on any atom is -0.507 e. The van der Waals surface area contributed by atoms with Crippen LogP contribution in [0.1, 0.15) is 68.3 Å². The van der Waals surface area contributed by atoms with Crippen molar-refractivity contribution in [3.05, 3.63) is 28.3 Å². The van der Waals surface area contributed by atoms with Gasteiger partial charge in [-0.15, -0.1) is 0 Å². The number of phenols is 1. The highest BCUT2D eigenvalue weighted by Gasteiger charge is 2.40. The van der Waals surface area contributed by atoms with Crippen molar-refractivity contribution in [3.8, 4) is 5.75 Å². The van der Waals surface area contributed by atoms with Gasteiger partial charge in [0.05, 0.1) is 0 Å². The summed E-state index contributed by atoms with van der Waals surface area (Å²) in [4.78, 5) is 0. The van der Waals surface area contributed by atoms with Crippen molar-refractivity contribution in [2.75, 3.05) is 0 Å². The zero-order valence-corrected chi connectivity index (χ0v) is 12.2. The van der Waals surface area contributed by atoms with Crippen LogP contribution in [0.5, 0.6) is 5.75 Å². The molecule has 2 rings (SSSR count). The van der Waals surface area contributed by atoms with Crippen LogP contribution in [0.3, 0.4) is 0 Å². The standard InChI is InChI=1S/C16H25NO/c1-6-9(2)11-7-10(3)12-8-16(4,5)15(17)13(12)14(11)18/h7,9,15,18H,6,8,17H2,1-5H3/t9-,15-/m1/s1. The van der Waals surface area contributed by atoms with E-state index in [9.17, 15) is 5.11 Å². The highest BCUT2D eigenvalue weighted by molar-refractivity contribution is 5.55. The van der Waals surface area contributed by atoms with Gasteiger partial charge < -0.3 is 10.8 Å². The van der Waals surface area contributed by atoms with Crippen molar-refractivity contribution in [1.29, 1.82) is 0 Å². The number of nitrogens with two attached hydrogens (primary N) is 1. The lowest BCUT2D eigenvalue weighted by Crippen LogP contribution is -2.24. The Morgan fingerprint density at radius 3 is 2.67 bits per heavy atom. The first-order valence-electron chi connectivity index (χ1n) is 6.90. The van der Waals surface area contributed by atoms with Crippen LogP contribution in [-0.4, -0.2) is 5.11 Å². The van der Waals surface area contributed by atoms with Crippen LogP contribution >= 0.6 is 0 Å². The van der Waals surface area contributed by atoms with E-state index in [0.29, 0.717) is 11.7 Å². The molecule has 0 radical (unpaired) electrons. The maximum absolute atomic E-state index is 10.6. The lowest BCUT2D eigenvalue weighted by atomic mass is 9.85. The summed E-state index contributed by atoms with van der Waals surface area (Å²) in [6, 6.07) is 2.09. The van der Waals surface area contributed by atoms with E-state index in [4.69, 9.17) is 5.73 Å². The van der Waals surface area contributed by atoms with Crippen LogP contribution in [-0.2, 0) is 6.42 Å². The Kier molecular flexibility index (Phi) is 3.18. The third kappa shape index (κ3) is 1.83. The molecule has 2 atom stereocenters. The molecule has 0 amide bonds. The van der Waals surface area contributed by atoms with Gasteiger partial charge in [0.2, 0.25) is 0 Å². The summed E-state index contributed by atoms with van der Waals surface area (Å²) < 4.78 is 0. The van der Waals surface area contributed by atoms with Gasteiger partial charge in [-0.2, -0.15) is 0 Å². The molecule has 1 aliphatic rings. The molecule has 0 aliphatic heterocycles. The lowest BCUT2D eigenvalue weighted by Gasteiger charge is -2.24. The normalized spacial score (nSPS) is 22.9. The summed E-state index contributed by atoms with van der Waals surface area (Å²) in [5.41, 5.74) is 11.0. The molecular formula is C16H25NO. The SMILES string of the molecule is CC[C@@H](C)c1cc(C)c2c(c1O)[C@@H](N)C(C)(C)C2. The molecule has 2 heteroatoms. The van der Waals surface area contributed by atoms with Crippen molar-refractivity contribution in [3.63, 3.8) is 0 Å². The molecule has 0 bridgehead atoms. The minimum absolute atomic E-state index is 0.0403. The first kappa shape index (κ1) is 13.4. The fraction of sp³-hybridized carbons (Fsp3) is 0.625. The van der Waals surface area contributed by atoms with Crippen molar-refractivity contribution < 1.29 is 5.11 Å². The van der Waals surface area contributed by atoms with Crippen molar-refractivity contribution in [2.45, 2.75) is 59.4 Å². The zero-order chi connectivity index (χ0) is 13.7. The molecule has 1 aromatic carbocycles. The van der Waals surface area contributed by atoms with E-state index in [-0.39, 0.29) is 11.5 Å². The summed E-state index contributed by atoms with van der Waals surface area (Å²) in [5.74, 6) is 0.827. The Morgan fingerprint density at radius 1 is 1.50 bits per heavy atom. The van der Waals surface area contributed by atoms with Crippen LogP contribution in [0.4, 0.5) is 0 Å². The highest BCUT2D eigenvalue weighted by Crippen LogP contribution is 2.50. The van der Waals surface area contributed by atoms with E-state index < -0.39 is 0 Å². The topological polar surface area (TPSA) is 46.2 Å². The van der Waals surface area contributed by atoms with Gasteiger partial charge in [0.1, 0.15) is 5.75 Å². The maximum Gasteiger partial charge on any atom is 0.124 e. The Balaban J connectivity index is 2.63. The van der Waals surface area contributed by atoms with Crippen LogP contribution < -0.4 is 5.73 Å². The molecular weight excluding hydrogens is 222 g/mol. The molecule has 0 heterocycles. The second-order valence-corrected chi connectivity index (χ2v) is 6.48. The van der Waals surface area contributed by atoms with E-state index in [1.54, 1.807) is 0 Å². The molecule has 1 aromatic rings. The molecule has 0 fully saturated rings.